The lowest BCUT2D eigenvalue weighted by molar-refractivity contribution is 0.0665. The minimum Gasteiger partial charge on any atom is -0.493 e. The lowest BCUT2D eigenvalue weighted by Gasteiger charge is -2.10. The number of ether oxygens (including phenoxy) is 4. The maximum Gasteiger partial charge on any atom is 0.379 e. The van der Waals surface area contributed by atoms with Gasteiger partial charge in [0.2, 0.25) is 11.5 Å². The Morgan fingerprint density at radius 3 is 1.52 bits per heavy atom. The van der Waals surface area contributed by atoms with Crippen LogP contribution in [0, 0.1) is 0 Å². The Bertz CT molecular complexity index is 1080. The van der Waals surface area contributed by atoms with E-state index in [2.05, 4.69) is 13.2 Å². The molecule has 3 aromatic rings. The average molecular weight is 448 g/mol. The van der Waals surface area contributed by atoms with E-state index >= 15 is 0 Å². The maximum atomic E-state index is 12.5. The van der Waals surface area contributed by atoms with Crippen molar-refractivity contribution in [2.45, 2.75) is 12.8 Å². The number of carbonyl (C=O) groups excluding carboxylic acids is 2. The molecule has 0 amide bonds. The number of allylic oxidation sites excluding steroid dienone is 2. The van der Waals surface area contributed by atoms with E-state index in [-0.39, 0.29) is 23.0 Å². The molecule has 7 nitrogen and oxygen atoms in total. The molecule has 2 aromatic carbocycles. The molecule has 0 N–H and O–H groups in total. The zero-order valence-corrected chi connectivity index (χ0v) is 18.5. The minimum atomic E-state index is -0.782. The molecule has 3 rings (SSSR count). The summed E-state index contributed by atoms with van der Waals surface area (Å²) in [6.45, 7) is 7.40. The first-order chi connectivity index (χ1) is 16.0. The summed E-state index contributed by atoms with van der Waals surface area (Å²) >= 11 is 0. The van der Waals surface area contributed by atoms with Crippen molar-refractivity contribution in [1.82, 2.24) is 0 Å². The highest BCUT2D eigenvalue weighted by Gasteiger charge is 2.21. The fourth-order valence-corrected chi connectivity index (χ4v) is 3.04. The number of esters is 2. The number of hydrogen-bond donors (Lipinski definition) is 0. The first-order valence-electron chi connectivity index (χ1n) is 10.1. The summed E-state index contributed by atoms with van der Waals surface area (Å²) in [6.07, 6.45) is 4.82. The van der Waals surface area contributed by atoms with Gasteiger partial charge < -0.3 is 23.4 Å². The number of methoxy groups -OCH3 is 2. The van der Waals surface area contributed by atoms with Crippen molar-refractivity contribution in [3.63, 3.8) is 0 Å². The molecule has 1 heterocycles. The zero-order valence-electron chi connectivity index (χ0n) is 18.5. The van der Waals surface area contributed by atoms with Gasteiger partial charge in [-0.25, -0.2) is 9.59 Å². The topological polar surface area (TPSA) is 84.2 Å². The summed E-state index contributed by atoms with van der Waals surface area (Å²) in [5.74, 6) is -0.660. The lowest BCUT2D eigenvalue weighted by atomic mass is 10.1. The van der Waals surface area contributed by atoms with E-state index in [1.807, 2.05) is 0 Å². The van der Waals surface area contributed by atoms with Crippen molar-refractivity contribution in [2.24, 2.45) is 0 Å². The summed E-state index contributed by atoms with van der Waals surface area (Å²) in [5, 5.41) is 0. The van der Waals surface area contributed by atoms with Gasteiger partial charge in [-0.15, -0.1) is 13.2 Å². The Morgan fingerprint density at radius 1 is 0.727 bits per heavy atom. The molecule has 0 aliphatic rings. The van der Waals surface area contributed by atoms with Crippen LogP contribution < -0.4 is 18.9 Å². The van der Waals surface area contributed by atoms with Crippen molar-refractivity contribution < 1.29 is 33.0 Å². The van der Waals surface area contributed by atoms with Crippen LogP contribution in [0.5, 0.6) is 23.0 Å². The average Bonchev–Trinajstić information content (AvgIpc) is 3.32. The second kappa shape index (κ2) is 10.9. The number of furan rings is 1. The van der Waals surface area contributed by atoms with Crippen LogP contribution in [0.25, 0.3) is 0 Å². The van der Waals surface area contributed by atoms with Crippen LogP contribution in [0.4, 0.5) is 0 Å². The van der Waals surface area contributed by atoms with E-state index in [1.165, 1.54) is 26.4 Å². The highest BCUT2D eigenvalue weighted by molar-refractivity contribution is 5.92. The van der Waals surface area contributed by atoms with Crippen molar-refractivity contribution in [3.05, 3.63) is 96.5 Å². The Labute approximate surface area is 191 Å². The highest BCUT2D eigenvalue weighted by Crippen LogP contribution is 2.31. The summed E-state index contributed by atoms with van der Waals surface area (Å²) in [5.41, 5.74) is 1.91. The van der Waals surface area contributed by atoms with Crippen LogP contribution >= 0.6 is 0 Å². The van der Waals surface area contributed by atoms with Crippen LogP contribution in [0.15, 0.2) is 78.3 Å². The van der Waals surface area contributed by atoms with Gasteiger partial charge in [0.15, 0.2) is 23.0 Å². The van der Waals surface area contributed by atoms with Gasteiger partial charge in [0.25, 0.3) is 0 Å². The molecule has 0 spiro atoms. The third-order valence-corrected chi connectivity index (χ3v) is 4.63. The van der Waals surface area contributed by atoms with Crippen LogP contribution in [0.2, 0.25) is 0 Å². The number of hydrogen-bond acceptors (Lipinski definition) is 7. The normalized spacial score (nSPS) is 10.2. The highest BCUT2D eigenvalue weighted by atomic mass is 16.6. The molecule has 170 valence electrons. The van der Waals surface area contributed by atoms with Gasteiger partial charge >= 0.3 is 11.9 Å². The third kappa shape index (κ3) is 5.71. The molecule has 0 unspecified atom stereocenters. The quantitative estimate of drug-likeness (QED) is 0.240. The van der Waals surface area contributed by atoms with Gasteiger partial charge in [-0.3, -0.25) is 0 Å². The molecule has 0 saturated heterocycles. The Morgan fingerprint density at radius 2 is 1.15 bits per heavy atom. The molecular weight excluding hydrogens is 424 g/mol. The zero-order chi connectivity index (χ0) is 23.8. The summed E-state index contributed by atoms with van der Waals surface area (Å²) < 4.78 is 26.7. The van der Waals surface area contributed by atoms with Crippen LogP contribution in [0.1, 0.15) is 32.2 Å². The van der Waals surface area contributed by atoms with Crippen molar-refractivity contribution >= 4 is 11.9 Å². The number of carbonyl (C=O) groups is 2. The van der Waals surface area contributed by atoms with Gasteiger partial charge in [0, 0.05) is 0 Å². The summed E-state index contributed by atoms with van der Waals surface area (Å²) in [4.78, 5) is 25.0. The number of benzene rings is 2. The molecule has 0 saturated carbocycles. The van der Waals surface area contributed by atoms with E-state index in [1.54, 1.807) is 48.6 Å². The Hall–Kier alpha value is -4.26. The monoisotopic (exact) mass is 448 g/mol. The molecule has 1 aromatic heterocycles. The van der Waals surface area contributed by atoms with Gasteiger partial charge in [-0.1, -0.05) is 24.3 Å². The van der Waals surface area contributed by atoms with Gasteiger partial charge in [0.05, 0.1) is 14.2 Å². The summed E-state index contributed by atoms with van der Waals surface area (Å²) in [7, 11) is 2.95. The molecule has 0 radical (unpaired) electrons. The van der Waals surface area contributed by atoms with Crippen LogP contribution in [-0.2, 0) is 12.8 Å². The van der Waals surface area contributed by atoms with Crippen LogP contribution in [0.3, 0.4) is 0 Å². The Balaban J connectivity index is 1.72. The maximum absolute atomic E-state index is 12.5. The molecule has 0 bridgehead atoms. The molecule has 33 heavy (non-hydrogen) atoms. The van der Waals surface area contributed by atoms with Crippen molar-refractivity contribution in [2.75, 3.05) is 14.2 Å². The van der Waals surface area contributed by atoms with E-state index < -0.39 is 11.9 Å². The molecular formula is C26H24O7. The summed E-state index contributed by atoms with van der Waals surface area (Å²) in [6, 6.07) is 13.0. The fraction of sp³-hybridized carbons (Fsp3) is 0.154. The molecule has 0 aliphatic heterocycles. The van der Waals surface area contributed by atoms with E-state index in [0.717, 1.165) is 11.1 Å². The second-order valence-corrected chi connectivity index (χ2v) is 6.90. The predicted octanol–water partition coefficient (Wildman–Crippen LogP) is 5.19. The third-order valence-electron chi connectivity index (χ3n) is 4.63. The first-order valence-corrected chi connectivity index (χ1v) is 10.1. The Kier molecular flexibility index (Phi) is 7.70. The van der Waals surface area contributed by atoms with Gasteiger partial charge in [-0.2, -0.15) is 0 Å². The standard InChI is InChI=1S/C26H24O7/c1-5-7-17-9-11-19(23(15-17)29-3)32-25(27)21-13-14-22(31-21)26(28)33-20-12-10-18(8-6-2)16-24(20)30-4/h5-6,9-16H,1-2,7-8H2,3-4H3. The van der Waals surface area contributed by atoms with E-state index in [0.29, 0.717) is 24.3 Å². The van der Waals surface area contributed by atoms with E-state index in [4.69, 9.17) is 23.4 Å². The SMILES string of the molecule is C=CCc1ccc(OC(=O)c2ccc(C(=O)Oc3ccc(CC=C)cc3OC)o2)c(OC)c1. The minimum absolute atomic E-state index is 0.160. The van der Waals surface area contributed by atoms with Gasteiger partial charge in [-0.05, 0) is 60.4 Å². The smallest absolute Gasteiger partial charge is 0.379 e. The van der Waals surface area contributed by atoms with Crippen molar-refractivity contribution in [1.29, 1.82) is 0 Å². The molecule has 0 aliphatic carbocycles. The van der Waals surface area contributed by atoms with Crippen molar-refractivity contribution in [3.8, 4) is 23.0 Å². The first kappa shape index (κ1) is 23.4. The van der Waals surface area contributed by atoms with Gasteiger partial charge in [0.1, 0.15) is 0 Å². The molecule has 0 fully saturated rings. The largest absolute Gasteiger partial charge is 0.493 e. The predicted molar refractivity (Wildman–Crippen MR) is 122 cm³/mol. The molecule has 7 heteroatoms. The molecule has 0 atom stereocenters. The van der Waals surface area contributed by atoms with E-state index in [9.17, 15) is 9.59 Å². The fourth-order valence-electron chi connectivity index (χ4n) is 3.04. The number of rotatable bonds is 10. The second-order valence-electron chi connectivity index (χ2n) is 6.90. The van der Waals surface area contributed by atoms with Crippen LogP contribution in [-0.4, -0.2) is 26.2 Å². The lowest BCUT2D eigenvalue weighted by Crippen LogP contribution is -2.10.